The van der Waals surface area contributed by atoms with Crippen LogP contribution in [0.1, 0.15) is 105 Å². The normalized spacial score (nSPS) is 16.1. The zero-order chi connectivity index (χ0) is 43.9. The van der Waals surface area contributed by atoms with Gasteiger partial charge in [0.05, 0.1) is 19.1 Å². The number of aldehydes is 1. The third-order valence-electron chi connectivity index (χ3n) is 10.6. The van der Waals surface area contributed by atoms with Gasteiger partial charge in [0.1, 0.15) is 30.5 Å². The number of hydrogen-bond donors (Lipinski definition) is 7. The summed E-state index contributed by atoms with van der Waals surface area (Å²) >= 11 is 0. The van der Waals surface area contributed by atoms with E-state index in [9.17, 15) is 33.6 Å². The Bertz CT molecular complexity index is 1480. The quantitative estimate of drug-likeness (QED) is 0.0470. The lowest BCUT2D eigenvalue weighted by Gasteiger charge is -2.31. The maximum absolute atomic E-state index is 14.3. The van der Waals surface area contributed by atoms with E-state index >= 15 is 0 Å². The summed E-state index contributed by atoms with van der Waals surface area (Å²) in [6.45, 7) is 13.4. The fraction of sp³-hybridized carbons (Fsp3) is 0.698. The van der Waals surface area contributed by atoms with Crippen molar-refractivity contribution in [1.82, 2.24) is 36.4 Å². The maximum Gasteiger partial charge on any atom is 0.245 e. The van der Waals surface area contributed by atoms with Crippen molar-refractivity contribution in [2.45, 2.75) is 142 Å². The Balaban J connectivity index is 2.30. The third kappa shape index (κ3) is 18.6. The number of carbonyl (C=O) groups excluding carboxylic acids is 7. The standard InChI is InChI=1S/C43H73N9O7/c1-29(2)25-33(28-53)47-41(57)36-19-14-23-52(36)43(59)35(18-10-12-21-44)49-40(56)34(48-42(58)39(30(3)4)50-38(55)27-46-37(54)26-45)17-11-13-22-51(31(5)6)24-20-32-15-8-7-9-16-32/h7-9,15-16,28-31,33-36,39H,10-14,17-27,44-45H2,1-6H3,(H,46,54)(H,47,57)(H,48,58)(H,49,56)(H,50,55)/t33-,34-,35-,36-,39-/m0/s1. The van der Waals surface area contributed by atoms with Crippen molar-refractivity contribution >= 4 is 41.7 Å². The van der Waals surface area contributed by atoms with Crippen LogP contribution in [0.25, 0.3) is 0 Å². The molecule has 0 spiro atoms. The summed E-state index contributed by atoms with van der Waals surface area (Å²) < 4.78 is 0. The van der Waals surface area contributed by atoms with E-state index in [4.69, 9.17) is 11.5 Å². The molecule has 1 aliphatic heterocycles. The Morgan fingerprint density at radius 3 is 2.08 bits per heavy atom. The van der Waals surface area contributed by atoms with Crippen LogP contribution >= 0.6 is 0 Å². The molecule has 2 rings (SSSR count). The van der Waals surface area contributed by atoms with E-state index in [1.54, 1.807) is 13.8 Å². The molecule has 5 atom stereocenters. The van der Waals surface area contributed by atoms with Crippen molar-refractivity contribution in [3.8, 4) is 0 Å². The molecule has 0 unspecified atom stereocenters. The Morgan fingerprint density at radius 1 is 0.814 bits per heavy atom. The van der Waals surface area contributed by atoms with Gasteiger partial charge in [0.15, 0.2) is 0 Å². The molecular formula is C43H73N9O7. The van der Waals surface area contributed by atoms with Crippen molar-refractivity contribution in [2.24, 2.45) is 23.3 Å². The number of likely N-dealkylation sites (tertiary alicyclic amines) is 1. The van der Waals surface area contributed by atoms with Gasteiger partial charge in [-0.1, -0.05) is 58.0 Å². The van der Waals surface area contributed by atoms with Gasteiger partial charge in [-0.3, -0.25) is 28.8 Å². The fourth-order valence-electron chi connectivity index (χ4n) is 7.21. The summed E-state index contributed by atoms with van der Waals surface area (Å²) in [5, 5.41) is 13.6. The van der Waals surface area contributed by atoms with Crippen LogP contribution in [0.15, 0.2) is 30.3 Å². The Kier molecular flexibility index (Phi) is 23.5. The van der Waals surface area contributed by atoms with E-state index in [0.29, 0.717) is 63.9 Å². The number of rotatable bonds is 28. The molecule has 1 aromatic carbocycles. The molecule has 332 valence electrons. The van der Waals surface area contributed by atoms with Crippen molar-refractivity contribution < 1.29 is 33.6 Å². The van der Waals surface area contributed by atoms with E-state index in [1.165, 1.54) is 10.5 Å². The van der Waals surface area contributed by atoms with Gasteiger partial charge in [-0.2, -0.15) is 0 Å². The largest absolute Gasteiger partial charge is 0.346 e. The van der Waals surface area contributed by atoms with E-state index < -0.39 is 65.7 Å². The van der Waals surface area contributed by atoms with E-state index in [1.807, 2.05) is 32.0 Å². The van der Waals surface area contributed by atoms with Gasteiger partial charge in [0.2, 0.25) is 35.4 Å². The topological polar surface area (TPSA) is 238 Å². The number of carbonyl (C=O) groups is 7. The van der Waals surface area contributed by atoms with E-state index in [0.717, 1.165) is 25.9 Å². The Hall–Kier alpha value is -4.41. The van der Waals surface area contributed by atoms with Crippen LogP contribution in [0.4, 0.5) is 0 Å². The minimum Gasteiger partial charge on any atom is -0.346 e. The van der Waals surface area contributed by atoms with Crippen LogP contribution in [0.5, 0.6) is 0 Å². The molecule has 0 radical (unpaired) electrons. The highest BCUT2D eigenvalue weighted by Gasteiger charge is 2.39. The number of unbranched alkanes of at least 4 members (excludes halogenated alkanes) is 2. The van der Waals surface area contributed by atoms with E-state index in [2.05, 4.69) is 57.5 Å². The first-order valence-corrected chi connectivity index (χ1v) is 21.5. The fourth-order valence-corrected chi connectivity index (χ4v) is 7.21. The summed E-state index contributed by atoms with van der Waals surface area (Å²) in [7, 11) is 0. The van der Waals surface area contributed by atoms with Gasteiger partial charge in [-0.15, -0.1) is 0 Å². The minimum absolute atomic E-state index is 0.173. The predicted octanol–water partition coefficient (Wildman–Crippen LogP) is 1.14. The van der Waals surface area contributed by atoms with Crippen molar-refractivity contribution in [2.75, 3.05) is 39.3 Å². The van der Waals surface area contributed by atoms with Gasteiger partial charge in [-0.05, 0) is 109 Å². The smallest absolute Gasteiger partial charge is 0.245 e. The molecule has 0 aromatic heterocycles. The number of nitrogens with zero attached hydrogens (tertiary/aromatic N) is 2. The van der Waals surface area contributed by atoms with Crippen molar-refractivity contribution in [3.05, 3.63) is 35.9 Å². The third-order valence-corrected chi connectivity index (χ3v) is 10.6. The average Bonchev–Trinajstić information content (AvgIpc) is 3.70. The maximum atomic E-state index is 14.3. The second-order valence-corrected chi connectivity index (χ2v) is 16.6. The number of nitrogens with one attached hydrogen (secondary N) is 5. The number of nitrogens with two attached hydrogens (primary N) is 2. The molecule has 0 bridgehead atoms. The molecule has 6 amide bonds. The molecule has 1 aromatic rings. The molecule has 1 heterocycles. The molecule has 1 saturated heterocycles. The summed E-state index contributed by atoms with van der Waals surface area (Å²) in [4.78, 5) is 95.7. The molecule has 9 N–H and O–H groups in total. The molecular weight excluding hydrogens is 755 g/mol. The summed E-state index contributed by atoms with van der Waals surface area (Å²) in [5.41, 5.74) is 12.4. The Morgan fingerprint density at radius 2 is 1.47 bits per heavy atom. The van der Waals surface area contributed by atoms with Gasteiger partial charge < -0.3 is 52.6 Å². The first kappa shape index (κ1) is 50.7. The van der Waals surface area contributed by atoms with Gasteiger partial charge in [-0.25, -0.2) is 0 Å². The van der Waals surface area contributed by atoms with Crippen molar-refractivity contribution in [1.29, 1.82) is 0 Å². The average molecular weight is 828 g/mol. The molecule has 1 aliphatic rings. The van der Waals surface area contributed by atoms with Crippen LogP contribution in [0.2, 0.25) is 0 Å². The number of hydrogen-bond acceptors (Lipinski definition) is 10. The van der Waals surface area contributed by atoms with Gasteiger partial charge in [0, 0.05) is 19.1 Å². The highest BCUT2D eigenvalue weighted by atomic mass is 16.2. The highest BCUT2D eigenvalue weighted by molar-refractivity contribution is 5.96. The number of benzene rings is 1. The molecule has 16 nitrogen and oxygen atoms in total. The van der Waals surface area contributed by atoms with Crippen LogP contribution in [0.3, 0.4) is 0 Å². The first-order chi connectivity index (χ1) is 28.1. The van der Waals surface area contributed by atoms with E-state index in [-0.39, 0.29) is 37.8 Å². The minimum atomic E-state index is -1.05. The second-order valence-electron chi connectivity index (χ2n) is 16.6. The summed E-state index contributed by atoms with van der Waals surface area (Å²) in [6, 6.07) is 6.00. The predicted molar refractivity (Wildman–Crippen MR) is 228 cm³/mol. The Labute approximate surface area is 351 Å². The molecule has 1 fully saturated rings. The lowest BCUT2D eigenvalue weighted by molar-refractivity contribution is -0.142. The molecule has 16 heteroatoms. The van der Waals surface area contributed by atoms with Crippen LogP contribution in [0, 0.1) is 11.8 Å². The highest BCUT2D eigenvalue weighted by Crippen LogP contribution is 2.21. The van der Waals surface area contributed by atoms with Crippen molar-refractivity contribution in [3.63, 3.8) is 0 Å². The molecule has 0 saturated carbocycles. The SMILES string of the molecule is CC(C)C[C@@H](C=O)NC(=O)[C@@H]1CCCN1C(=O)[C@H](CCCCN)NC(=O)[C@H](CCCCN(CCc1ccccc1)C(C)C)NC(=O)[C@@H](NC(=O)CNC(=O)CN)C(C)C. The van der Waals surface area contributed by atoms with Crippen LogP contribution in [-0.2, 0) is 40.0 Å². The molecule has 0 aliphatic carbocycles. The van der Waals surface area contributed by atoms with Gasteiger partial charge in [0.25, 0.3) is 0 Å². The van der Waals surface area contributed by atoms with Gasteiger partial charge >= 0.3 is 0 Å². The first-order valence-electron chi connectivity index (χ1n) is 21.5. The monoisotopic (exact) mass is 828 g/mol. The number of amides is 6. The lowest BCUT2D eigenvalue weighted by atomic mass is 10.0. The zero-order valence-corrected chi connectivity index (χ0v) is 36.3. The summed E-state index contributed by atoms with van der Waals surface area (Å²) in [5.74, 6) is -3.28. The second kappa shape index (κ2) is 27.4. The van der Waals surface area contributed by atoms with Crippen LogP contribution in [-0.4, -0.2) is 127 Å². The molecule has 59 heavy (non-hydrogen) atoms. The zero-order valence-electron chi connectivity index (χ0n) is 36.3. The lowest BCUT2D eigenvalue weighted by Crippen LogP contribution is -2.59. The summed E-state index contributed by atoms with van der Waals surface area (Å²) in [6.07, 6.45) is 6.06. The van der Waals surface area contributed by atoms with Crippen LogP contribution < -0.4 is 38.1 Å².